The number of fused-ring (bicyclic) bond motifs is 2. The number of thioether (sulfide) groups is 1. The number of Topliss-reactive ketones (excluding diaryl/α,β-unsaturated/α-hetero) is 1. The van der Waals surface area contributed by atoms with E-state index in [-0.39, 0.29) is 5.78 Å². The smallest absolute Gasteiger partial charge is 0.175 e. The van der Waals surface area contributed by atoms with E-state index in [1.807, 2.05) is 49.4 Å². The van der Waals surface area contributed by atoms with Crippen molar-refractivity contribution in [2.45, 2.75) is 11.3 Å². The van der Waals surface area contributed by atoms with Crippen LogP contribution in [0.1, 0.15) is 16.1 Å². The number of thiazole rings is 1. The lowest BCUT2D eigenvalue weighted by Gasteiger charge is -1.99. The maximum absolute atomic E-state index is 12.7. The van der Waals surface area contributed by atoms with Gasteiger partial charge in [-0.2, -0.15) is 0 Å². The number of aromatic nitrogens is 2. The molecule has 2 heterocycles. The van der Waals surface area contributed by atoms with Crippen molar-refractivity contribution in [2.75, 3.05) is 5.75 Å². The second-order valence-corrected chi connectivity index (χ2v) is 8.16. The molecule has 0 fully saturated rings. The SMILES string of the molecule is Cc1[nH]c2ccccc2c1C(=O)CSc1nc2cc(Cl)ccc2s1. The molecule has 0 aliphatic rings. The van der Waals surface area contributed by atoms with Gasteiger partial charge in [0.2, 0.25) is 0 Å². The van der Waals surface area contributed by atoms with Gasteiger partial charge in [0, 0.05) is 27.2 Å². The first kappa shape index (κ1) is 15.7. The van der Waals surface area contributed by atoms with Crippen LogP contribution in [0.25, 0.3) is 21.1 Å². The van der Waals surface area contributed by atoms with Crippen molar-refractivity contribution in [3.8, 4) is 0 Å². The average molecular weight is 373 g/mol. The van der Waals surface area contributed by atoms with Gasteiger partial charge in [0.15, 0.2) is 10.1 Å². The molecule has 0 radical (unpaired) electrons. The Bertz CT molecular complexity index is 1070. The van der Waals surface area contributed by atoms with Crippen LogP contribution in [0.3, 0.4) is 0 Å². The van der Waals surface area contributed by atoms with Gasteiger partial charge in [0.25, 0.3) is 0 Å². The number of nitrogens with one attached hydrogen (secondary N) is 1. The Morgan fingerprint density at radius 3 is 3.00 bits per heavy atom. The van der Waals surface area contributed by atoms with E-state index >= 15 is 0 Å². The molecule has 4 rings (SSSR count). The van der Waals surface area contributed by atoms with Crippen LogP contribution in [-0.4, -0.2) is 21.5 Å². The van der Waals surface area contributed by atoms with Gasteiger partial charge in [-0.15, -0.1) is 11.3 Å². The van der Waals surface area contributed by atoms with Gasteiger partial charge in [-0.3, -0.25) is 4.79 Å². The van der Waals surface area contributed by atoms with Gasteiger partial charge in [-0.05, 0) is 31.2 Å². The topological polar surface area (TPSA) is 45.8 Å². The van der Waals surface area contributed by atoms with Crippen LogP contribution in [-0.2, 0) is 0 Å². The van der Waals surface area contributed by atoms with E-state index in [9.17, 15) is 4.79 Å². The molecule has 4 aromatic rings. The summed E-state index contributed by atoms with van der Waals surface area (Å²) >= 11 is 9.06. The highest BCUT2D eigenvalue weighted by Gasteiger charge is 2.16. The second kappa shape index (κ2) is 6.24. The molecule has 0 bridgehead atoms. The minimum Gasteiger partial charge on any atom is -0.358 e. The van der Waals surface area contributed by atoms with Crippen LogP contribution in [0.2, 0.25) is 5.02 Å². The third-order valence-electron chi connectivity index (χ3n) is 3.83. The number of carbonyl (C=O) groups excluding carboxylic acids is 1. The minimum absolute atomic E-state index is 0.118. The Balaban J connectivity index is 1.58. The molecule has 0 aliphatic heterocycles. The van der Waals surface area contributed by atoms with Gasteiger partial charge >= 0.3 is 0 Å². The van der Waals surface area contributed by atoms with Crippen molar-refractivity contribution in [3.63, 3.8) is 0 Å². The van der Waals surface area contributed by atoms with Crippen LogP contribution in [0, 0.1) is 6.92 Å². The molecule has 0 amide bonds. The molecule has 1 N–H and O–H groups in total. The third-order valence-corrected chi connectivity index (χ3v) is 6.24. The number of ketones is 1. The maximum Gasteiger partial charge on any atom is 0.175 e. The van der Waals surface area contributed by atoms with Crippen LogP contribution in [0.4, 0.5) is 0 Å². The summed E-state index contributed by atoms with van der Waals surface area (Å²) in [6, 6.07) is 13.6. The van der Waals surface area contributed by atoms with Crippen LogP contribution in [0.5, 0.6) is 0 Å². The highest BCUT2D eigenvalue weighted by Crippen LogP contribution is 2.32. The van der Waals surface area contributed by atoms with Crippen molar-refractivity contribution in [1.82, 2.24) is 9.97 Å². The summed E-state index contributed by atoms with van der Waals surface area (Å²) in [5, 5.41) is 1.66. The number of benzene rings is 2. The lowest BCUT2D eigenvalue weighted by molar-refractivity contribution is 0.102. The predicted octanol–water partition coefficient (Wildman–Crippen LogP) is 5.71. The number of hydrogen-bond acceptors (Lipinski definition) is 4. The summed E-state index contributed by atoms with van der Waals surface area (Å²) < 4.78 is 1.97. The van der Waals surface area contributed by atoms with E-state index in [2.05, 4.69) is 9.97 Å². The molecule has 2 aromatic heterocycles. The number of aryl methyl sites for hydroxylation is 1. The number of H-pyrrole nitrogens is 1. The molecule has 0 saturated carbocycles. The zero-order valence-corrected chi connectivity index (χ0v) is 15.2. The molecule has 0 unspecified atom stereocenters. The first-order valence-corrected chi connectivity index (χ1v) is 9.59. The lowest BCUT2D eigenvalue weighted by Crippen LogP contribution is -2.03. The molecule has 6 heteroatoms. The summed E-state index contributed by atoms with van der Waals surface area (Å²) in [7, 11) is 0. The molecule has 0 aliphatic carbocycles. The summed E-state index contributed by atoms with van der Waals surface area (Å²) in [5.41, 5.74) is 3.57. The average Bonchev–Trinajstić information content (AvgIpc) is 3.11. The highest BCUT2D eigenvalue weighted by molar-refractivity contribution is 8.01. The van der Waals surface area contributed by atoms with E-state index < -0.39 is 0 Å². The van der Waals surface area contributed by atoms with Crippen LogP contribution >= 0.6 is 34.7 Å². The fourth-order valence-electron chi connectivity index (χ4n) is 2.78. The van der Waals surface area contributed by atoms with Crippen molar-refractivity contribution < 1.29 is 4.79 Å². The minimum atomic E-state index is 0.118. The lowest BCUT2D eigenvalue weighted by atomic mass is 10.1. The predicted molar refractivity (Wildman–Crippen MR) is 103 cm³/mol. The fourth-order valence-corrected chi connectivity index (χ4v) is 4.86. The van der Waals surface area contributed by atoms with Crippen LogP contribution < -0.4 is 0 Å². The normalized spacial score (nSPS) is 11.4. The number of hydrogen-bond donors (Lipinski definition) is 1. The van der Waals surface area contributed by atoms with Gasteiger partial charge in [0.05, 0.1) is 16.0 Å². The van der Waals surface area contributed by atoms with Crippen molar-refractivity contribution in [3.05, 3.63) is 58.7 Å². The van der Waals surface area contributed by atoms with Gasteiger partial charge < -0.3 is 4.98 Å². The third kappa shape index (κ3) is 2.83. The van der Waals surface area contributed by atoms with Gasteiger partial charge in [-0.25, -0.2) is 4.98 Å². The first-order chi connectivity index (χ1) is 11.6. The number of nitrogens with zero attached hydrogens (tertiary/aromatic N) is 1. The Morgan fingerprint density at radius 1 is 1.29 bits per heavy atom. The number of aromatic amines is 1. The summed E-state index contributed by atoms with van der Waals surface area (Å²) in [5.74, 6) is 0.489. The summed E-state index contributed by atoms with van der Waals surface area (Å²) in [6.07, 6.45) is 0. The number of para-hydroxylation sites is 1. The van der Waals surface area contributed by atoms with Crippen LogP contribution in [0.15, 0.2) is 46.8 Å². The van der Waals surface area contributed by atoms with E-state index in [1.165, 1.54) is 11.8 Å². The molecule has 0 saturated heterocycles. The maximum atomic E-state index is 12.7. The summed E-state index contributed by atoms with van der Waals surface area (Å²) in [4.78, 5) is 20.5. The molecule has 0 atom stereocenters. The Labute approximate surface area is 152 Å². The van der Waals surface area contributed by atoms with Crippen molar-refractivity contribution in [2.24, 2.45) is 0 Å². The molecule has 120 valence electrons. The number of halogens is 1. The van der Waals surface area contributed by atoms with E-state index in [4.69, 9.17) is 11.6 Å². The monoisotopic (exact) mass is 372 g/mol. The van der Waals surface area contributed by atoms with E-state index in [0.717, 1.165) is 36.7 Å². The molecule has 2 aromatic carbocycles. The largest absolute Gasteiger partial charge is 0.358 e. The molecular formula is C18H13ClN2OS2. The number of carbonyl (C=O) groups is 1. The van der Waals surface area contributed by atoms with Crippen molar-refractivity contribution in [1.29, 1.82) is 0 Å². The van der Waals surface area contributed by atoms with Gasteiger partial charge in [-0.1, -0.05) is 41.6 Å². The Hall–Kier alpha value is -1.82. The van der Waals surface area contributed by atoms with E-state index in [0.29, 0.717) is 10.8 Å². The number of rotatable bonds is 4. The quantitative estimate of drug-likeness (QED) is 0.368. The summed E-state index contributed by atoms with van der Waals surface area (Å²) in [6.45, 7) is 1.94. The van der Waals surface area contributed by atoms with Crippen molar-refractivity contribution >= 4 is 61.6 Å². The highest BCUT2D eigenvalue weighted by atomic mass is 35.5. The Morgan fingerprint density at radius 2 is 2.12 bits per heavy atom. The molecular weight excluding hydrogens is 360 g/mol. The second-order valence-electron chi connectivity index (χ2n) is 5.47. The van der Waals surface area contributed by atoms with E-state index in [1.54, 1.807) is 11.3 Å². The molecule has 3 nitrogen and oxygen atoms in total. The molecule has 24 heavy (non-hydrogen) atoms. The first-order valence-electron chi connectivity index (χ1n) is 7.41. The standard InChI is InChI=1S/C18H13ClN2OS2/c1-10-17(12-4-2-3-5-13(12)20-10)15(22)9-23-18-21-14-8-11(19)6-7-16(14)24-18/h2-8,20H,9H2,1H3. The van der Waals surface area contributed by atoms with Gasteiger partial charge in [0.1, 0.15) is 0 Å². The molecule has 0 spiro atoms. The zero-order valence-electron chi connectivity index (χ0n) is 12.8. The zero-order chi connectivity index (χ0) is 16.7. The fraction of sp³-hybridized carbons (Fsp3) is 0.111. The Kier molecular flexibility index (Phi) is 4.08.